The van der Waals surface area contributed by atoms with E-state index < -0.39 is 0 Å². The second-order valence-corrected chi connectivity index (χ2v) is 9.08. The number of halogens is 1. The third-order valence-corrected chi connectivity index (χ3v) is 6.35. The molecule has 166 valence electrons. The zero-order chi connectivity index (χ0) is 23.1. The van der Waals surface area contributed by atoms with Crippen molar-refractivity contribution in [1.29, 1.82) is 0 Å². The van der Waals surface area contributed by atoms with Crippen LogP contribution in [0, 0.1) is 0 Å². The van der Waals surface area contributed by atoms with Gasteiger partial charge in [0.05, 0.1) is 22.6 Å². The van der Waals surface area contributed by atoms with Crippen LogP contribution in [0.2, 0.25) is 5.02 Å². The highest BCUT2D eigenvalue weighted by atomic mass is 35.5. The number of carbonyl (C=O) groups is 1. The van der Waals surface area contributed by atoms with Crippen molar-refractivity contribution in [3.63, 3.8) is 0 Å². The first-order valence-corrected chi connectivity index (χ1v) is 11.4. The Labute approximate surface area is 198 Å². The van der Waals surface area contributed by atoms with Crippen molar-refractivity contribution >= 4 is 40.2 Å². The maximum absolute atomic E-state index is 13.6. The van der Waals surface area contributed by atoms with Gasteiger partial charge in [0.25, 0.3) is 5.91 Å². The predicted octanol–water partition coefficient (Wildman–Crippen LogP) is 6.74. The first kappa shape index (κ1) is 21.3. The summed E-state index contributed by atoms with van der Waals surface area (Å²) in [6.45, 7) is 6.28. The van der Waals surface area contributed by atoms with Gasteiger partial charge in [0, 0.05) is 16.4 Å². The number of hydrogen-bond donors (Lipinski definition) is 2. The van der Waals surface area contributed by atoms with Crippen LogP contribution in [0.1, 0.15) is 43.9 Å². The van der Waals surface area contributed by atoms with Crippen LogP contribution in [0.3, 0.4) is 0 Å². The van der Waals surface area contributed by atoms with Crippen LogP contribution in [0.5, 0.6) is 0 Å². The Morgan fingerprint density at radius 1 is 1.03 bits per heavy atom. The van der Waals surface area contributed by atoms with Crippen molar-refractivity contribution < 1.29 is 4.79 Å². The van der Waals surface area contributed by atoms with Crippen LogP contribution in [0.4, 0.5) is 11.6 Å². The van der Waals surface area contributed by atoms with Crippen molar-refractivity contribution in [3.05, 3.63) is 100 Å². The van der Waals surface area contributed by atoms with Crippen LogP contribution < -0.4 is 10.6 Å². The van der Waals surface area contributed by atoms with Gasteiger partial charge in [-0.3, -0.25) is 9.36 Å². The minimum absolute atomic E-state index is 0.163. The monoisotopic (exact) mass is 456 g/mol. The normalized spacial score (nSPS) is 15.5. The van der Waals surface area contributed by atoms with Crippen LogP contribution in [-0.4, -0.2) is 15.5 Å². The van der Waals surface area contributed by atoms with Gasteiger partial charge in [-0.15, -0.1) is 0 Å². The number of amides is 1. The highest BCUT2D eigenvalue weighted by molar-refractivity contribution is 6.30. The smallest absolute Gasteiger partial charge is 0.255 e. The number of rotatable bonds is 4. The molecule has 0 aliphatic carbocycles. The number of para-hydroxylation sites is 2. The molecule has 0 saturated carbocycles. The summed E-state index contributed by atoms with van der Waals surface area (Å²) in [5, 5.41) is 7.02. The number of allylic oxidation sites excluding steroid dienone is 1. The van der Waals surface area contributed by atoms with E-state index in [1.165, 1.54) is 5.56 Å². The van der Waals surface area contributed by atoms with Gasteiger partial charge < -0.3 is 10.6 Å². The largest absolute Gasteiger partial charge is 0.329 e. The fourth-order valence-electron chi connectivity index (χ4n) is 4.37. The topological polar surface area (TPSA) is 59.0 Å². The highest BCUT2D eigenvalue weighted by Crippen LogP contribution is 2.39. The van der Waals surface area contributed by atoms with Gasteiger partial charge in [0.15, 0.2) is 0 Å². The molecule has 1 atom stereocenters. The van der Waals surface area contributed by atoms with Gasteiger partial charge >= 0.3 is 0 Å². The lowest BCUT2D eigenvalue weighted by Gasteiger charge is -2.31. The van der Waals surface area contributed by atoms with E-state index in [1.54, 1.807) is 24.3 Å². The summed E-state index contributed by atoms with van der Waals surface area (Å²) in [5.41, 5.74) is 6.28. The quantitative estimate of drug-likeness (QED) is 0.357. The molecular weight excluding hydrogens is 432 g/mol. The first-order valence-electron chi connectivity index (χ1n) is 11.0. The van der Waals surface area contributed by atoms with E-state index in [-0.39, 0.29) is 11.9 Å². The van der Waals surface area contributed by atoms with E-state index in [0.29, 0.717) is 22.2 Å². The molecule has 5 nitrogen and oxygen atoms in total. The molecule has 3 aromatic carbocycles. The first-order chi connectivity index (χ1) is 15.9. The second-order valence-electron chi connectivity index (χ2n) is 8.64. The molecule has 0 fully saturated rings. The van der Waals surface area contributed by atoms with Crippen molar-refractivity contribution in [3.8, 4) is 0 Å². The molecule has 4 aromatic rings. The van der Waals surface area contributed by atoms with Gasteiger partial charge in [-0.2, -0.15) is 0 Å². The molecule has 1 amide bonds. The van der Waals surface area contributed by atoms with E-state index >= 15 is 0 Å². The zero-order valence-electron chi connectivity index (χ0n) is 18.8. The standard InChI is InChI=1S/C27H25ClN4O/c1-16(2)18-8-10-19(11-9-18)25-24(26(33)30-21-14-12-20(28)13-15-21)17(3)29-27-31-22-6-4-5-7-23(22)32(25)27/h4-16,25H,1-3H3,(H,29,31)(H,30,33)/t25-/m0/s1. The number of nitrogens with zero attached hydrogens (tertiary/aromatic N) is 2. The summed E-state index contributed by atoms with van der Waals surface area (Å²) in [6.07, 6.45) is 0. The van der Waals surface area contributed by atoms with Crippen molar-refractivity contribution in [2.75, 3.05) is 10.6 Å². The number of carbonyl (C=O) groups excluding carboxylic acids is 1. The fourth-order valence-corrected chi connectivity index (χ4v) is 4.49. The molecule has 1 aliphatic rings. The number of anilines is 2. The predicted molar refractivity (Wildman–Crippen MR) is 135 cm³/mol. The van der Waals surface area contributed by atoms with Crippen molar-refractivity contribution in [2.45, 2.75) is 32.7 Å². The summed E-state index contributed by atoms with van der Waals surface area (Å²) in [5.74, 6) is 1.00. The minimum Gasteiger partial charge on any atom is -0.329 e. The Hall–Kier alpha value is -3.57. The lowest BCUT2D eigenvalue weighted by Crippen LogP contribution is -2.30. The number of nitrogens with one attached hydrogen (secondary N) is 2. The van der Waals surface area contributed by atoms with Gasteiger partial charge in [0.2, 0.25) is 5.95 Å². The van der Waals surface area contributed by atoms with Gasteiger partial charge in [-0.1, -0.05) is 61.8 Å². The minimum atomic E-state index is -0.317. The molecular formula is C27H25ClN4O. The lowest BCUT2D eigenvalue weighted by molar-refractivity contribution is -0.113. The molecule has 2 heterocycles. The van der Waals surface area contributed by atoms with Gasteiger partial charge in [-0.25, -0.2) is 4.98 Å². The molecule has 5 rings (SSSR count). The van der Waals surface area contributed by atoms with Crippen LogP contribution in [0.25, 0.3) is 11.0 Å². The van der Waals surface area contributed by atoms with Gasteiger partial charge in [0.1, 0.15) is 0 Å². The third kappa shape index (κ3) is 3.89. The Balaban J connectivity index is 1.64. The van der Waals surface area contributed by atoms with Crippen LogP contribution in [-0.2, 0) is 4.79 Å². The second kappa shape index (κ2) is 8.41. The number of aromatic nitrogens is 2. The van der Waals surface area contributed by atoms with E-state index in [9.17, 15) is 4.79 Å². The molecule has 0 unspecified atom stereocenters. The Morgan fingerprint density at radius 3 is 2.42 bits per heavy atom. The van der Waals surface area contributed by atoms with Crippen LogP contribution in [0.15, 0.2) is 84.1 Å². The number of hydrogen-bond acceptors (Lipinski definition) is 3. The molecule has 0 saturated heterocycles. The SMILES string of the molecule is CC1=C(C(=O)Nc2ccc(Cl)cc2)[C@H](c2ccc(C(C)C)cc2)n2c(nc3ccccc32)N1. The van der Waals surface area contributed by atoms with E-state index in [1.807, 2.05) is 31.2 Å². The number of benzene rings is 3. The fraction of sp³-hybridized carbons (Fsp3) is 0.185. The Bertz CT molecular complexity index is 1370. The molecule has 1 aliphatic heterocycles. The summed E-state index contributed by atoms with van der Waals surface area (Å²) in [7, 11) is 0. The lowest BCUT2D eigenvalue weighted by atomic mass is 9.92. The molecule has 0 bridgehead atoms. The van der Waals surface area contributed by atoms with Crippen LogP contribution >= 0.6 is 11.6 Å². The average molecular weight is 457 g/mol. The zero-order valence-corrected chi connectivity index (χ0v) is 19.5. The molecule has 0 spiro atoms. The average Bonchev–Trinajstić information content (AvgIpc) is 3.17. The maximum atomic E-state index is 13.6. The third-order valence-electron chi connectivity index (χ3n) is 6.10. The number of fused-ring (bicyclic) bond motifs is 3. The summed E-state index contributed by atoms with van der Waals surface area (Å²) in [6, 6.07) is 23.3. The van der Waals surface area contributed by atoms with E-state index in [0.717, 1.165) is 28.2 Å². The van der Waals surface area contributed by atoms with Crippen molar-refractivity contribution in [1.82, 2.24) is 9.55 Å². The van der Waals surface area contributed by atoms with E-state index in [4.69, 9.17) is 16.6 Å². The van der Waals surface area contributed by atoms with Crippen molar-refractivity contribution in [2.24, 2.45) is 0 Å². The maximum Gasteiger partial charge on any atom is 0.255 e. The summed E-state index contributed by atoms with van der Waals surface area (Å²) in [4.78, 5) is 18.4. The molecule has 2 N–H and O–H groups in total. The summed E-state index contributed by atoms with van der Waals surface area (Å²) < 4.78 is 2.11. The van der Waals surface area contributed by atoms with E-state index in [2.05, 4.69) is 53.3 Å². The number of imidazole rings is 1. The molecule has 1 aromatic heterocycles. The molecule has 6 heteroatoms. The Morgan fingerprint density at radius 2 is 1.73 bits per heavy atom. The Kier molecular flexibility index (Phi) is 5.43. The molecule has 0 radical (unpaired) electrons. The van der Waals surface area contributed by atoms with Gasteiger partial charge in [-0.05, 0) is 60.4 Å². The molecule has 33 heavy (non-hydrogen) atoms. The highest BCUT2D eigenvalue weighted by Gasteiger charge is 2.34. The summed E-state index contributed by atoms with van der Waals surface area (Å²) >= 11 is 6.02.